The van der Waals surface area contributed by atoms with Gasteiger partial charge in [-0.05, 0) is 55.8 Å². The Kier molecular flexibility index (Phi) is 6.86. The molecule has 4 nitrogen and oxygen atoms in total. The predicted octanol–water partition coefficient (Wildman–Crippen LogP) is 7.24. The number of aromatic nitrogens is 3. The molecule has 0 bridgehead atoms. The highest BCUT2D eigenvalue weighted by molar-refractivity contribution is 7.98. The van der Waals surface area contributed by atoms with Crippen LogP contribution in [-0.2, 0) is 5.75 Å². The molecule has 7 heteroatoms. The summed E-state index contributed by atoms with van der Waals surface area (Å²) in [6, 6.07) is 21.7. The van der Waals surface area contributed by atoms with Crippen molar-refractivity contribution in [3.8, 4) is 22.8 Å². The van der Waals surface area contributed by atoms with Gasteiger partial charge in [0.15, 0.2) is 11.0 Å². The van der Waals surface area contributed by atoms with E-state index in [0.717, 1.165) is 33.5 Å². The summed E-state index contributed by atoms with van der Waals surface area (Å²) in [4.78, 5) is 0. The Morgan fingerprint density at radius 3 is 2.23 bits per heavy atom. The van der Waals surface area contributed by atoms with Gasteiger partial charge in [0.2, 0.25) is 0 Å². The van der Waals surface area contributed by atoms with Crippen LogP contribution in [0, 0.1) is 6.92 Å². The van der Waals surface area contributed by atoms with Crippen molar-refractivity contribution in [3.05, 3.63) is 87.9 Å². The van der Waals surface area contributed by atoms with Gasteiger partial charge in [0, 0.05) is 27.0 Å². The fourth-order valence-corrected chi connectivity index (χ4v) is 4.84. The number of aryl methyl sites for hydroxylation is 1. The first kappa shape index (κ1) is 21.8. The van der Waals surface area contributed by atoms with Crippen LogP contribution in [0.15, 0.2) is 71.9 Å². The molecule has 0 amide bonds. The van der Waals surface area contributed by atoms with Crippen LogP contribution in [0.4, 0.5) is 0 Å². The van der Waals surface area contributed by atoms with Crippen molar-refractivity contribution in [2.75, 3.05) is 6.61 Å². The van der Waals surface area contributed by atoms with E-state index in [9.17, 15) is 0 Å². The van der Waals surface area contributed by atoms with E-state index in [1.165, 1.54) is 5.56 Å². The summed E-state index contributed by atoms with van der Waals surface area (Å²) in [5.41, 5.74) is 4.03. The molecule has 0 atom stereocenters. The zero-order valence-electron chi connectivity index (χ0n) is 17.2. The number of nitrogens with zero attached hydrogens (tertiary/aromatic N) is 3. The number of ether oxygens (including phenoxy) is 1. The predicted molar refractivity (Wildman–Crippen MR) is 129 cm³/mol. The maximum absolute atomic E-state index is 6.36. The molecule has 158 valence electrons. The van der Waals surface area contributed by atoms with E-state index in [0.29, 0.717) is 22.4 Å². The fourth-order valence-electron chi connectivity index (χ4n) is 3.15. The van der Waals surface area contributed by atoms with E-state index < -0.39 is 0 Å². The second kappa shape index (κ2) is 9.77. The molecule has 0 aliphatic carbocycles. The number of benzene rings is 3. The Labute approximate surface area is 196 Å². The van der Waals surface area contributed by atoms with Crippen LogP contribution in [0.5, 0.6) is 5.75 Å². The Balaban J connectivity index is 1.73. The second-order valence-electron chi connectivity index (χ2n) is 6.92. The molecule has 0 aliphatic rings. The lowest BCUT2D eigenvalue weighted by Gasteiger charge is -2.12. The van der Waals surface area contributed by atoms with Crippen molar-refractivity contribution in [1.82, 2.24) is 14.8 Å². The van der Waals surface area contributed by atoms with E-state index in [-0.39, 0.29) is 0 Å². The summed E-state index contributed by atoms with van der Waals surface area (Å²) < 4.78 is 7.64. The van der Waals surface area contributed by atoms with Crippen molar-refractivity contribution in [2.24, 2.45) is 0 Å². The maximum Gasteiger partial charge on any atom is 0.196 e. The van der Waals surface area contributed by atoms with Gasteiger partial charge in [-0.3, -0.25) is 4.57 Å². The van der Waals surface area contributed by atoms with Gasteiger partial charge in [0.1, 0.15) is 5.75 Å². The molecular weight excluding hydrogens is 449 g/mol. The highest BCUT2D eigenvalue weighted by Crippen LogP contribution is 2.34. The first-order chi connectivity index (χ1) is 15.1. The van der Waals surface area contributed by atoms with Crippen LogP contribution < -0.4 is 4.74 Å². The Bertz CT molecular complexity index is 1150. The molecule has 0 fully saturated rings. The molecule has 0 aliphatic heterocycles. The molecule has 0 spiro atoms. The third-order valence-electron chi connectivity index (χ3n) is 4.76. The maximum atomic E-state index is 6.36. The zero-order chi connectivity index (χ0) is 21.8. The van der Waals surface area contributed by atoms with Crippen LogP contribution in [0.1, 0.15) is 18.1 Å². The first-order valence-corrected chi connectivity index (χ1v) is 11.6. The van der Waals surface area contributed by atoms with Crippen molar-refractivity contribution in [3.63, 3.8) is 0 Å². The summed E-state index contributed by atoms with van der Waals surface area (Å²) in [6.07, 6.45) is 0. The Morgan fingerprint density at radius 1 is 0.903 bits per heavy atom. The number of hydrogen-bond donors (Lipinski definition) is 0. The molecule has 0 saturated heterocycles. The lowest BCUT2D eigenvalue weighted by Crippen LogP contribution is -2.00. The van der Waals surface area contributed by atoms with Gasteiger partial charge < -0.3 is 4.74 Å². The summed E-state index contributed by atoms with van der Waals surface area (Å²) in [5, 5.41) is 11.0. The Hall–Kier alpha value is -2.47. The summed E-state index contributed by atoms with van der Waals surface area (Å²) in [6.45, 7) is 4.66. The van der Waals surface area contributed by atoms with Gasteiger partial charge >= 0.3 is 0 Å². The van der Waals surface area contributed by atoms with E-state index in [1.807, 2.05) is 49.4 Å². The molecule has 0 unspecified atom stereocenters. The van der Waals surface area contributed by atoms with Gasteiger partial charge in [0.25, 0.3) is 0 Å². The lowest BCUT2D eigenvalue weighted by atomic mass is 10.1. The number of rotatable bonds is 7. The largest absolute Gasteiger partial charge is 0.494 e. The minimum absolute atomic E-state index is 0.585. The van der Waals surface area contributed by atoms with Gasteiger partial charge in [-0.1, -0.05) is 70.9 Å². The topological polar surface area (TPSA) is 39.9 Å². The summed E-state index contributed by atoms with van der Waals surface area (Å²) in [7, 11) is 0. The van der Waals surface area contributed by atoms with Crippen molar-refractivity contribution in [2.45, 2.75) is 24.8 Å². The van der Waals surface area contributed by atoms with Gasteiger partial charge in [-0.15, -0.1) is 10.2 Å². The summed E-state index contributed by atoms with van der Waals surface area (Å²) in [5.74, 6) is 2.19. The summed E-state index contributed by atoms with van der Waals surface area (Å²) >= 11 is 14.3. The first-order valence-electron chi connectivity index (χ1n) is 9.88. The number of thioether (sulfide) groups is 1. The Morgan fingerprint density at radius 2 is 1.58 bits per heavy atom. The van der Waals surface area contributed by atoms with E-state index in [2.05, 4.69) is 46.0 Å². The van der Waals surface area contributed by atoms with Gasteiger partial charge in [-0.25, -0.2) is 0 Å². The average molecular weight is 470 g/mol. The standard InChI is InChI=1S/C24H21Cl2N3OS/c1-3-30-19-13-11-18(12-14-19)29-23(17-9-7-16(2)8-10-17)27-28-24(29)31-15-20-21(25)5-4-6-22(20)26/h4-14H,3,15H2,1-2H3. The molecule has 0 N–H and O–H groups in total. The lowest BCUT2D eigenvalue weighted by molar-refractivity contribution is 0.340. The van der Waals surface area contributed by atoms with Crippen LogP contribution >= 0.6 is 35.0 Å². The minimum atomic E-state index is 0.585. The van der Waals surface area contributed by atoms with Crippen LogP contribution in [0.2, 0.25) is 10.0 Å². The van der Waals surface area contributed by atoms with Crippen molar-refractivity contribution in [1.29, 1.82) is 0 Å². The highest BCUT2D eigenvalue weighted by Gasteiger charge is 2.17. The molecular formula is C24H21Cl2N3OS. The normalized spacial score (nSPS) is 11.0. The van der Waals surface area contributed by atoms with E-state index >= 15 is 0 Å². The fraction of sp³-hybridized carbons (Fsp3) is 0.167. The SMILES string of the molecule is CCOc1ccc(-n2c(SCc3c(Cl)cccc3Cl)nnc2-c2ccc(C)cc2)cc1. The number of halogens is 2. The molecule has 1 aromatic heterocycles. The molecule has 1 heterocycles. The van der Waals surface area contributed by atoms with Crippen molar-refractivity contribution < 1.29 is 4.74 Å². The van der Waals surface area contributed by atoms with Gasteiger partial charge in [0.05, 0.1) is 6.61 Å². The molecule has 4 aromatic rings. The van der Waals surface area contributed by atoms with Crippen LogP contribution in [-0.4, -0.2) is 21.4 Å². The van der Waals surface area contributed by atoms with E-state index in [1.54, 1.807) is 11.8 Å². The van der Waals surface area contributed by atoms with Crippen LogP contribution in [0.25, 0.3) is 17.1 Å². The molecule has 4 rings (SSSR count). The highest BCUT2D eigenvalue weighted by atomic mass is 35.5. The smallest absolute Gasteiger partial charge is 0.196 e. The monoisotopic (exact) mass is 469 g/mol. The molecule has 0 saturated carbocycles. The van der Waals surface area contributed by atoms with Crippen molar-refractivity contribution >= 4 is 35.0 Å². The van der Waals surface area contributed by atoms with Crippen LogP contribution in [0.3, 0.4) is 0 Å². The van der Waals surface area contributed by atoms with Gasteiger partial charge in [-0.2, -0.15) is 0 Å². The third kappa shape index (κ3) is 4.90. The second-order valence-corrected chi connectivity index (χ2v) is 8.68. The molecule has 0 radical (unpaired) electrons. The number of hydrogen-bond acceptors (Lipinski definition) is 4. The zero-order valence-corrected chi connectivity index (χ0v) is 19.5. The minimum Gasteiger partial charge on any atom is -0.494 e. The average Bonchev–Trinajstić information content (AvgIpc) is 3.18. The van der Waals surface area contributed by atoms with E-state index in [4.69, 9.17) is 27.9 Å². The quantitative estimate of drug-likeness (QED) is 0.267. The molecule has 3 aromatic carbocycles. The third-order valence-corrected chi connectivity index (χ3v) is 6.42. The molecule has 31 heavy (non-hydrogen) atoms.